The van der Waals surface area contributed by atoms with Gasteiger partial charge in [0.25, 0.3) is 0 Å². The first-order chi connectivity index (χ1) is 9.00. The molecule has 2 heterocycles. The smallest absolute Gasteiger partial charge is 0.129 e. The van der Waals surface area contributed by atoms with Crippen LogP contribution in [-0.4, -0.2) is 27.2 Å². The second kappa shape index (κ2) is 4.42. The molecule has 1 spiro atoms. The minimum Gasteiger partial charge on any atom is -0.507 e. The number of nitrogens with zero attached hydrogens (tertiary/aromatic N) is 1. The van der Waals surface area contributed by atoms with Crippen LogP contribution >= 0.6 is 11.8 Å². The number of aromatic hydroxyl groups is 1. The first kappa shape index (κ1) is 12.8. The van der Waals surface area contributed by atoms with Crippen molar-refractivity contribution in [2.45, 2.75) is 37.2 Å². The van der Waals surface area contributed by atoms with Crippen molar-refractivity contribution in [1.29, 1.82) is 0 Å². The quantitative estimate of drug-likeness (QED) is 0.829. The van der Waals surface area contributed by atoms with Crippen LogP contribution < -0.4 is 5.43 Å². The summed E-state index contributed by atoms with van der Waals surface area (Å²) in [4.78, 5) is -0.0979. The molecule has 0 amide bonds. The maximum atomic E-state index is 9.91. The second-order valence-corrected chi connectivity index (χ2v) is 7.05. The van der Waals surface area contributed by atoms with Crippen LogP contribution in [0.5, 0.6) is 5.75 Å². The van der Waals surface area contributed by atoms with E-state index in [1.807, 2.05) is 18.2 Å². The van der Waals surface area contributed by atoms with E-state index in [-0.39, 0.29) is 16.2 Å². The van der Waals surface area contributed by atoms with Crippen LogP contribution in [0.2, 0.25) is 0 Å². The Bertz CT molecular complexity index is 530. The van der Waals surface area contributed by atoms with Gasteiger partial charge in [0.2, 0.25) is 0 Å². The van der Waals surface area contributed by atoms with Crippen molar-refractivity contribution in [3.8, 4) is 5.75 Å². The topological polar surface area (TPSA) is 53.8 Å². The predicted octanol–water partition coefficient (Wildman–Crippen LogP) is 2.68. The number of hydrazone groups is 1. The third kappa shape index (κ3) is 2.44. The molecule has 1 aromatic rings. The molecule has 2 N–H and O–H groups in total. The van der Waals surface area contributed by atoms with Crippen molar-refractivity contribution in [2.75, 3.05) is 6.61 Å². The summed E-state index contributed by atoms with van der Waals surface area (Å²) in [5.74, 6) is 0.277. The van der Waals surface area contributed by atoms with Crippen LogP contribution in [0, 0.1) is 0 Å². The molecule has 0 bridgehead atoms. The average Bonchev–Trinajstić information content (AvgIpc) is 2.71. The summed E-state index contributed by atoms with van der Waals surface area (Å²) in [6.45, 7) is 4.94. The van der Waals surface area contributed by atoms with Crippen LogP contribution in [-0.2, 0) is 4.74 Å². The van der Waals surface area contributed by atoms with E-state index in [0.717, 1.165) is 30.1 Å². The molecule has 19 heavy (non-hydrogen) atoms. The van der Waals surface area contributed by atoms with E-state index in [2.05, 4.69) is 24.4 Å². The Labute approximate surface area is 117 Å². The molecule has 1 saturated heterocycles. The molecule has 102 valence electrons. The zero-order chi connectivity index (χ0) is 13.5. The number of benzene rings is 1. The van der Waals surface area contributed by atoms with Gasteiger partial charge in [0.15, 0.2) is 0 Å². The third-order valence-corrected chi connectivity index (χ3v) is 4.83. The molecule has 0 radical (unpaired) electrons. The fourth-order valence-corrected chi connectivity index (χ4v) is 4.10. The molecule has 1 fully saturated rings. The average molecular weight is 278 g/mol. The van der Waals surface area contributed by atoms with Crippen LogP contribution in [0.3, 0.4) is 0 Å². The highest BCUT2D eigenvalue weighted by atomic mass is 32.2. The van der Waals surface area contributed by atoms with Crippen LogP contribution in [0.4, 0.5) is 0 Å². The van der Waals surface area contributed by atoms with E-state index in [4.69, 9.17) is 4.74 Å². The number of phenolic OH excluding ortho intramolecular Hbond substituents is 1. The Morgan fingerprint density at radius 3 is 2.89 bits per heavy atom. The van der Waals surface area contributed by atoms with Crippen molar-refractivity contribution in [1.82, 2.24) is 5.43 Å². The Hall–Kier alpha value is -1.20. The third-order valence-electron chi connectivity index (χ3n) is 3.50. The Morgan fingerprint density at radius 2 is 2.16 bits per heavy atom. The Kier molecular flexibility index (Phi) is 2.98. The van der Waals surface area contributed by atoms with Gasteiger partial charge >= 0.3 is 0 Å². The minimum absolute atomic E-state index is 0.0979. The number of hydrogen-bond acceptors (Lipinski definition) is 5. The van der Waals surface area contributed by atoms with Gasteiger partial charge < -0.3 is 9.84 Å². The van der Waals surface area contributed by atoms with Gasteiger partial charge in [0.1, 0.15) is 15.7 Å². The van der Waals surface area contributed by atoms with Crippen molar-refractivity contribution in [3.63, 3.8) is 0 Å². The maximum Gasteiger partial charge on any atom is 0.129 e. The van der Waals surface area contributed by atoms with E-state index < -0.39 is 0 Å². The zero-order valence-electron chi connectivity index (χ0n) is 11.1. The number of ether oxygens (including phenoxy) is 1. The van der Waals surface area contributed by atoms with Gasteiger partial charge in [0, 0.05) is 12.8 Å². The van der Waals surface area contributed by atoms with Crippen molar-refractivity contribution >= 4 is 16.8 Å². The summed E-state index contributed by atoms with van der Waals surface area (Å²) in [6, 6.07) is 7.32. The first-order valence-corrected chi connectivity index (χ1v) is 7.28. The predicted molar refractivity (Wildman–Crippen MR) is 77.4 cm³/mol. The lowest BCUT2D eigenvalue weighted by molar-refractivity contribution is -0.0683. The summed E-state index contributed by atoms with van der Waals surface area (Å²) in [5, 5.41) is 15.2. The van der Waals surface area contributed by atoms with Gasteiger partial charge in [-0.3, -0.25) is 5.43 Å². The van der Waals surface area contributed by atoms with Crippen molar-refractivity contribution in [2.24, 2.45) is 5.10 Å². The maximum absolute atomic E-state index is 9.91. The monoisotopic (exact) mass is 278 g/mol. The number of phenols is 1. The highest BCUT2D eigenvalue weighted by molar-refractivity contribution is 8.15. The molecule has 0 saturated carbocycles. The van der Waals surface area contributed by atoms with E-state index in [1.54, 1.807) is 17.8 Å². The van der Waals surface area contributed by atoms with Gasteiger partial charge in [-0.2, -0.15) is 5.10 Å². The molecule has 2 aliphatic rings. The molecule has 1 atom stereocenters. The number of para-hydroxylation sites is 1. The normalized spacial score (nSPS) is 29.1. The minimum atomic E-state index is -0.137. The largest absolute Gasteiger partial charge is 0.507 e. The van der Waals surface area contributed by atoms with Gasteiger partial charge in [0.05, 0.1) is 17.8 Å². The molecule has 2 aliphatic heterocycles. The highest BCUT2D eigenvalue weighted by Crippen LogP contribution is 2.45. The van der Waals surface area contributed by atoms with Crippen LogP contribution in [0.1, 0.15) is 32.3 Å². The summed E-state index contributed by atoms with van der Waals surface area (Å²) < 4.78 is 5.76. The molecule has 0 aromatic heterocycles. The fourth-order valence-electron chi connectivity index (χ4n) is 2.65. The van der Waals surface area contributed by atoms with E-state index in [1.165, 1.54) is 0 Å². The first-order valence-electron chi connectivity index (χ1n) is 6.46. The molecular formula is C14H18N2O2S. The zero-order valence-corrected chi connectivity index (χ0v) is 12.0. The summed E-state index contributed by atoms with van der Waals surface area (Å²) >= 11 is 1.70. The van der Waals surface area contributed by atoms with E-state index in [0.29, 0.717) is 0 Å². The number of thioether (sulfide) groups is 1. The molecule has 3 rings (SSSR count). The van der Waals surface area contributed by atoms with Crippen molar-refractivity contribution in [3.05, 3.63) is 29.8 Å². The Morgan fingerprint density at radius 1 is 1.37 bits per heavy atom. The van der Waals surface area contributed by atoms with Crippen LogP contribution in [0.15, 0.2) is 29.4 Å². The SMILES string of the molecule is CC1(C)CC2(CCO1)NN=C(c1ccccc1O)S2. The van der Waals surface area contributed by atoms with Crippen LogP contribution in [0.25, 0.3) is 0 Å². The number of hydrogen-bond donors (Lipinski definition) is 2. The van der Waals surface area contributed by atoms with E-state index >= 15 is 0 Å². The molecule has 0 aliphatic carbocycles. The van der Waals surface area contributed by atoms with Gasteiger partial charge in [-0.25, -0.2) is 0 Å². The van der Waals surface area contributed by atoms with Gasteiger partial charge in [-0.15, -0.1) is 0 Å². The molecule has 4 nitrogen and oxygen atoms in total. The van der Waals surface area contributed by atoms with Crippen molar-refractivity contribution < 1.29 is 9.84 Å². The lowest BCUT2D eigenvalue weighted by Gasteiger charge is -2.41. The van der Waals surface area contributed by atoms with E-state index in [9.17, 15) is 5.11 Å². The van der Waals surface area contributed by atoms with Gasteiger partial charge in [-0.05, 0) is 26.0 Å². The lowest BCUT2D eigenvalue weighted by Crippen LogP contribution is -2.49. The van der Waals surface area contributed by atoms with Gasteiger partial charge in [-0.1, -0.05) is 23.9 Å². The number of rotatable bonds is 1. The molecule has 5 heteroatoms. The summed E-state index contributed by atoms with van der Waals surface area (Å²) in [7, 11) is 0. The fraction of sp³-hybridized carbons (Fsp3) is 0.500. The lowest BCUT2D eigenvalue weighted by atomic mass is 9.94. The second-order valence-electron chi connectivity index (χ2n) is 5.68. The number of nitrogens with one attached hydrogen (secondary N) is 1. The molecule has 1 unspecified atom stereocenters. The Balaban J connectivity index is 1.81. The molecule has 1 aromatic carbocycles. The summed E-state index contributed by atoms with van der Waals surface area (Å²) in [6.07, 6.45) is 1.81. The standard InChI is InChI=1S/C14H18N2O2S/c1-13(2)9-14(7-8-18-13)16-15-12(19-14)10-5-3-4-6-11(10)17/h3-6,16-17H,7-9H2,1-2H3. The molecular weight excluding hydrogens is 260 g/mol. The highest BCUT2D eigenvalue weighted by Gasteiger charge is 2.45. The summed E-state index contributed by atoms with van der Waals surface area (Å²) in [5.41, 5.74) is 3.92.